The number of nitrogens with zero attached hydrogens (tertiary/aromatic N) is 4. The second kappa shape index (κ2) is 8.68. The quantitative estimate of drug-likeness (QED) is 0.673. The molecule has 1 N–H and O–H groups in total. The minimum atomic E-state index is -0.119. The number of rotatable bonds is 7. The molecule has 7 nitrogen and oxygen atoms in total. The minimum Gasteiger partial charge on any atom is -0.348 e. The lowest BCUT2D eigenvalue weighted by molar-refractivity contribution is -0.128. The number of likely N-dealkylation sites (tertiary alicyclic amines) is 1. The van der Waals surface area contributed by atoms with Gasteiger partial charge in [-0.25, -0.2) is 9.67 Å². The van der Waals surface area contributed by atoms with Gasteiger partial charge in [-0.1, -0.05) is 36.4 Å². The normalized spacial score (nSPS) is 13.7. The summed E-state index contributed by atoms with van der Waals surface area (Å²) in [6, 6.07) is 15.5. The first-order valence-electron chi connectivity index (χ1n) is 9.72. The van der Waals surface area contributed by atoms with Crippen molar-refractivity contribution in [3.8, 4) is 0 Å². The molecule has 0 spiro atoms. The van der Waals surface area contributed by atoms with E-state index in [1.807, 2.05) is 47.4 Å². The summed E-state index contributed by atoms with van der Waals surface area (Å²) < 4.78 is 1.76. The average Bonchev–Trinajstić information content (AvgIpc) is 3.39. The van der Waals surface area contributed by atoms with Gasteiger partial charge in [0.15, 0.2) is 0 Å². The van der Waals surface area contributed by atoms with E-state index in [9.17, 15) is 9.59 Å². The second-order valence-corrected chi connectivity index (χ2v) is 7.21. The molecule has 0 radical (unpaired) electrons. The van der Waals surface area contributed by atoms with Gasteiger partial charge >= 0.3 is 0 Å². The van der Waals surface area contributed by atoms with Crippen LogP contribution in [0.4, 0.5) is 0 Å². The zero-order valence-corrected chi connectivity index (χ0v) is 16.1. The van der Waals surface area contributed by atoms with Crippen LogP contribution in [-0.2, 0) is 24.4 Å². The number of nitrogens with one attached hydrogen (secondary N) is 1. The van der Waals surface area contributed by atoms with Crippen molar-refractivity contribution in [3.63, 3.8) is 0 Å². The summed E-state index contributed by atoms with van der Waals surface area (Å²) in [5.41, 5.74) is 3.73. The predicted octanol–water partition coefficient (Wildman–Crippen LogP) is 2.38. The number of aromatic nitrogens is 3. The Labute approximate surface area is 169 Å². The molecule has 4 rings (SSSR count). The van der Waals surface area contributed by atoms with Crippen LogP contribution in [0.15, 0.2) is 61.2 Å². The highest BCUT2D eigenvalue weighted by Gasteiger charge is 2.20. The molecule has 0 bridgehead atoms. The maximum Gasteiger partial charge on any atom is 0.251 e. The average molecular weight is 389 g/mol. The van der Waals surface area contributed by atoms with E-state index in [4.69, 9.17) is 0 Å². The Bertz CT molecular complexity index is 983. The summed E-state index contributed by atoms with van der Waals surface area (Å²) in [4.78, 5) is 30.1. The van der Waals surface area contributed by atoms with Gasteiger partial charge in [-0.2, -0.15) is 5.10 Å². The van der Waals surface area contributed by atoms with Crippen LogP contribution < -0.4 is 5.32 Å². The molecule has 2 amide bonds. The van der Waals surface area contributed by atoms with Crippen LogP contribution in [0.5, 0.6) is 0 Å². The highest BCUT2D eigenvalue weighted by Crippen LogP contribution is 2.15. The molecule has 1 aliphatic heterocycles. The molecule has 7 heteroatoms. The second-order valence-electron chi connectivity index (χ2n) is 7.21. The third kappa shape index (κ3) is 4.87. The third-order valence-electron chi connectivity index (χ3n) is 5.02. The van der Waals surface area contributed by atoms with Crippen molar-refractivity contribution in [2.75, 3.05) is 6.54 Å². The topological polar surface area (TPSA) is 80.1 Å². The van der Waals surface area contributed by atoms with Crippen molar-refractivity contribution in [1.29, 1.82) is 0 Å². The van der Waals surface area contributed by atoms with E-state index in [0.717, 1.165) is 29.7 Å². The molecule has 2 heterocycles. The molecule has 0 saturated carbocycles. The standard InChI is InChI=1S/C22H23N5O2/c28-21-5-2-10-26(21)13-19-3-1-4-20(11-19)22(29)24-12-17-6-8-18(9-7-17)14-27-16-23-15-25-27/h1,3-4,6-9,11,15-16H,2,5,10,12-14H2,(H,24,29). The van der Waals surface area contributed by atoms with Crippen LogP contribution in [0, 0.1) is 0 Å². The van der Waals surface area contributed by atoms with E-state index in [2.05, 4.69) is 15.4 Å². The largest absolute Gasteiger partial charge is 0.348 e. The highest BCUT2D eigenvalue weighted by molar-refractivity contribution is 5.94. The Morgan fingerprint density at radius 2 is 1.86 bits per heavy atom. The lowest BCUT2D eigenvalue weighted by Gasteiger charge is -2.16. The van der Waals surface area contributed by atoms with Crippen molar-refractivity contribution >= 4 is 11.8 Å². The Morgan fingerprint density at radius 3 is 2.59 bits per heavy atom. The lowest BCUT2D eigenvalue weighted by atomic mass is 10.1. The van der Waals surface area contributed by atoms with Crippen LogP contribution in [0.25, 0.3) is 0 Å². The first-order chi connectivity index (χ1) is 14.2. The number of carbonyl (C=O) groups excluding carboxylic acids is 2. The fourth-order valence-electron chi connectivity index (χ4n) is 3.45. The monoisotopic (exact) mass is 389 g/mol. The van der Waals surface area contributed by atoms with Gasteiger partial charge in [0.05, 0.1) is 6.54 Å². The highest BCUT2D eigenvalue weighted by atomic mass is 16.2. The maximum atomic E-state index is 12.5. The van der Waals surface area contributed by atoms with E-state index >= 15 is 0 Å². The zero-order chi connectivity index (χ0) is 20.1. The van der Waals surface area contributed by atoms with Crippen LogP contribution in [0.3, 0.4) is 0 Å². The summed E-state index contributed by atoms with van der Waals surface area (Å²) in [6.07, 6.45) is 4.73. The number of benzene rings is 2. The molecule has 29 heavy (non-hydrogen) atoms. The van der Waals surface area contributed by atoms with Crippen molar-refractivity contribution in [2.24, 2.45) is 0 Å². The van der Waals surface area contributed by atoms with Gasteiger partial charge in [0.25, 0.3) is 5.91 Å². The lowest BCUT2D eigenvalue weighted by Crippen LogP contribution is -2.25. The molecule has 0 atom stereocenters. The fraction of sp³-hybridized carbons (Fsp3) is 0.273. The summed E-state index contributed by atoms with van der Waals surface area (Å²) in [5.74, 6) is 0.0680. The predicted molar refractivity (Wildman–Crippen MR) is 108 cm³/mol. The maximum absolute atomic E-state index is 12.5. The van der Waals surface area contributed by atoms with E-state index in [0.29, 0.717) is 31.6 Å². The Kier molecular flexibility index (Phi) is 5.65. The van der Waals surface area contributed by atoms with Gasteiger partial charge in [0.2, 0.25) is 5.91 Å². The summed E-state index contributed by atoms with van der Waals surface area (Å²) in [6.45, 7) is 2.48. The molecule has 0 unspecified atom stereocenters. The van der Waals surface area contributed by atoms with Crippen LogP contribution in [0.1, 0.15) is 39.9 Å². The van der Waals surface area contributed by atoms with E-state index in [-0.39, 0.29) is 11.8 Å². The summed E-state index contributed by atoms with van der Waals surface area (Å²) in [7, 11) is 0. The molecule has 148 valence electrons. The van der Waals surface area contributed by atoms with Gasteiger partial charge in [0.1, 0.15) is 12.7 Å². The Hall–Kier alpha value is -3.48. The van der Waals surface area contributed by atoms with Crippen LogP contribution in [-0.4, -0.2) is 38.0 Å². The van der Waals surface area contributed by atoms with Crippen molar-refractivity contribution in [3.05, 3.63) is 83.4 Å². The Morgan fingerprint density at radius 1 is 1.03 bits per heavy atom. The van der Waals surface area contributed by atoms with Crippen molar-refractivity contribution in [2.45, 2.75) is 32.5 Å². The van der Waals surface area contributed by atoms with Crippen molar-refractivity contribution in [1.82, 2.24) is 25.0 Å². The first-order valence-corrected chi connectivity index (χ1v) is 9.72. The molecule has 1 aliphatic rings. The first kappa shape index (κ1) is 18.9. The molecule has 3 aromatic rings. The van der Waals surface area contributed by atoms with Gasteiger partial charge in [0, 0.05) is 31.6 Å². The fourth-order valence-corrected chi connectivity index (χ4v) is 3.45. The molecule has 1 aromatic heterocycles. The smallest absolute Gasteiger partial charge is 0.251 e. The van der Waals surface area contributed by atoms with Crippen LogP contribution in [0.2, 0.25) is 0 Å². The SMILES string of the molecule is O=C(NCc1ccc(Cn2cncn2)cc1)c1cccc(CN2CCCC2=O)c1. The zero-order valence-electron chi connectivity index (χ0n) is 16.1. The molecule has 2 aromatic carbocycles. The number of hydrogen-bond donors (Lipinski definition) is 1. The third-order valence-corrected chi connectivity index (χ3v) is 5.02. The van der Waals surface area contributed by atoms with Gasteiger partial charge in [-0.3, -0.25) is 9.59 Å². The van der Waals surface area contributed by atoms with E-state index in [1.54, 1.807) is 17.1 Å². The summed E-state index contributed by atoms with van der Waals surface area (Å²) >= 11 is 0. The molecule has 1 saturated heterocycles. The number of carbonyl (C=O) groups is 2. The number of amides is 2. The number of hydrogen-bond acceptors (Lipinski definition) is 4. The van der Waals surface area contributed by atoms with Gasteiger partial charge in [-0.05, 0) is 35.2 Å². The molecule has 0 aliphatic carbocycles. The molecule has 1 fully saturated rings. The Balaban J connectivity index is 1.32. The minimum absolute atomic E-state index is 0.119. The van der Waals surface area contributed by atoms with Crippen molar-refractivity contribution < 1.29 is 9.59 Å². The van der Waals surface area contributed by atoms with Gasteiger partial charge in [-0.15, -0.1) is 0 Å². The molecular formula is C22H23N5O2. The molecular weight excluding hydrogens is 366 g/mol. The van der Waals surface area contributed by atoms with E-state index in [1.165, 1.54) is 6.33 Å². The summed E-state index contributed by atoms with van der Waals surface area (Å²) in [5, 5.41) is 7.06. The van der Waals surface area contributed by atoms with Gasteiger partial charge < -0.3 is 10.2 Å². The van der Waals surface area contributed by atoms with Crippen LogP contribution >= 0.6 is 0 Å². The van der Waals surface area contributed by atoms with E-state index < -0.39 is 0 Å².